The van der Waals surface area contributed by atoms with Gasteiger partial charge in [0.1, 0.15) is 0 Å². The molecule has 2 aliphatic heterocycles. The lowest BCUT2D eigenvalue weighted by Crippen LogP contribution is -2.32. The molecule has 3 unspecified atom stereocenters. The van der Waals surface area contributed by atoms with Gasteiger partial charge in [-0.25, -0.2) is 0 Å². The molecule has 0 saturated carbocycles. The lowest BCUT2D eigenvalue weighted by Gasteiger charge is -2.28. The maximum Gasteiger partial charge on any atom is 0.0613 e. The smallest absolute Gasteiger partial charge is 0.0613 e. The van der Waals surface area contributed by atoms with E-state index in [2.05, 4.69) is 24.4 Å². The lowest BCUT2D eigenvalue weighted by molar-refractivity contribution is 0.0865. The van der Waals surface area contributed by atoms with E-state index in [1.807, 2.05) is 17.8 Å². The van der Waals surface area contributed by atoms with Crippen LogP contribution in [0, 0.1) is 5.92 Å². The zero-order valence-electron chi connectivity index (χ0n) is 11.9. The summed E-state index contributed by atoms with van der Waals surface area (Å²) in [5.74, 6) is 1.85. The van der Waals surface area contributed by atoms with Gasteiger partial charge in [0.25, 0.3) is 0 Å². The van der Waals surface area contributed by atoms with Crippen molar-refractivity contribution in [2.24, 2.45) is 5.92 Å². The third-order valence-corrected chi connectivity index (χ3v) is 5.74. The van der Waals surface area contributed by atoms with E-state index in [9.17, 15) is 0 Å². The van der Waals surface area contributed by atoms with Gasteiger partial charge in [-0.1, -0.05) is 18.5 Å². The molecule has 0 aliphatic carbocycles. The summed E-state index contributed by atoms with van der Waals surface area (Å²) in [7, 11) is 0. The molecule has 1 aromatic carbocycles. The summed E-state index contributed by atoms with van der Waals surface area (Å²) in [5, 5.41) is 4.60. The highest BCUT2D eigenvalue weighted by Gasteiger charge is 2.28. The van der Waals surface area contributed by atoms with E-state index in [0.717, 1.165) is 24.6 Å². The lowest BCUT2D eigenvalue weighted by atomic mass is 9.97. The molecule has 0 aromatic heterocycles. The van der Waals surface area contributed by atoms with E-state index >= 15 is 0 Å². The number of rotatable bonds is 4. The first-order chi connectivity index (χ1) is 9.78. The standard InChI is InChI=1S/C16H22ClNOS/c1-2-15-11(5-7-19-15)10-18-14-6-8-20-16-4-3-12(17)9-13(14)16/h3-4,9,11,14-15,18H,2,5-8,10H2,1H3. The highest BCUT2D eigenvalue weighted by Crippen LogP contribution is 2.37. The molecule has 2 heterocycles. The van der Waals surface area contributed by atoms with Gasteiger partial charge in [0.05, 0.1) is 6.10 Å². The fourth-order valence-electron chi connectivity index (χ4n) is 3.25. The molecule has 0 radical (unpaired) electrons. The fourth-order valence-corrected chi connectivity index (χ4v) is 4.53. The highest BCUT2D eigenvalue weighted by atomic mass is 35.5. The van der Waals surface area contributed by atoms with Crippen LogP contribution in [0.4, 0.5) is 0 Å². The minimum Gasteiger partial charge on any atom is -0.378 e. The zero-order valence-corrected chi connectivity index (χ0v) is 13.5. The molecule has 3 atom stereocenters. The molecule has 1 N–H and O–H groups in total. The second-order valence-electron chi connectivity index (χ2n) is 5.65. The number of hydrogen-bond acceptors (Lipinski definition) is 3. The molecule has 20 heavy (non-hydrogen) atoms. The van der Waals surface area contributed by atoms with Gasteiger partial charge in [-0.2, -0.15) is 0 Å². The Morgan fingerprint density at radius 2 is 2.30 bits per heavy atom. The molecule has 2 nitrogen and oxygen atoms in total. The summed E-state index contributed by atoms with van der Waals surface area (Å²) in [5.41, 5.74) is 1.38. The minimum absolute atomic E-state index is 0.444. The van der Waals surface area contributed by atoms with Gasteiger partial charge in [0.15, 0.2) is 0 Å². The van der Waals surface area contributed by atoms with Gasteiger partial charge < -0.3 is 10.1 Å². The molecular weight excluding hydrogens is 290 g/mol. The summed E-state index contributed by atoms with van der Waals surface area (Å²) in [6, 6.07) is 6.73. The van der Waals surface area contributed by atoms with Crippen LogP contribution in [-0.2, 0) is 4.74 Å². The van der Waals surface area contributed by atoms with Crippen LogP contribution in [0.1, 0.15) is 37.8 Å². The Labute approximate surface area is 130 Å². The number of thioether (sulfide) groups is 1. The quantitative estimate of drug-likeness (QED) is 0.896. The Morgan fingerprint density at radius 1 is 1.40 bits per heavy atom. The minimum atomic E-state index is 0.444. The summed E-state index contributed by atoms with van der Waals surface area (Å²) in [6.07, 6.45) is 3.94. The van der Waals surface area contributed by atoms with Crippen LogP contribution in [0.25, 0.3) is 0 Å². The molecule has 4 heteroatoms. The van der Waals surface area contributed by atoms with Gasteiger partial charge in [-0.05, 0) is 54.7 Å². The van der Waals surface area contributed by atoms with E-state index < -0.39 is 0 Å². The number of hydrogen-bond donors (Lipinski definition) is 1. The third kappa shape index (κ3) is 3.16. The number of halogens is 1. The summed E-state index contributed by atoms with van der Waals surface area (Å²) < 4.78 is 5.78. The van der Waals surface area contributed by atoms with E-state index in [-0.39, 0.29) is 0 Å². The van der Waals surface area contributed by atoms with Gasteiger partial charge in [0.2, 0.25) is 0 Å². The van der Waals surface area contributed by atoms with Crippen LogP contribution >= 0.6 is 23.4 Å². The summed E-state index contributed by atoms with van der Waals surface area (Å²) in [4.78, 5) is 1.38. The molecule has 0 spiro atoms. The van der Waals surface area contributed by atoms with Gasteiger partial charge in [0, 0.05) is 29.1 Å². The van der Waals surface area contributed by atoms with Crippen molar-refractivity contribution in [1.29, 1.82) is 0 Å². The van der Waals surface area contributed by atoms with Crippen molar-refractivity contribution < 1.29 is 4.74 Å². The molecular formula is C16H22ClNOS. The van der Waals surface area contributed by atoms with Gasteiger partial charge >= 0.3 is 0 Å². The van der Waals surface area contributed by atoms with Crippen molar-refractivity contribution in [3.05, 3.63) is 28.8 Å². The maximum atomic E-state index is 6.16. The summed E-state index contributed by atoms with van der Waals surface area (Å²) in [6.45, 7) is 4.20. The fraction of sp³-hybridized carbons (Fsp3) is 0.625. The molecule has 2 aliphatic rings. The average molecular weight is 312 g/mol. The summed E-state index contributed by atoms with van der Waals surface area (Å²) >= 11 is 8.10. The highest BCUT2D eigenvalue weighted by molar-refractivity contribution is 7.99. The van der Waals surface area contributed by atoms with Crippen molar-refractivity contribution in [3.8, 4) is 0 Å². The van der Waals surface area contributed by atoms with Crippen LogP contribution in [0.3, 0.4) is 0 Å². The first kappa shape index (κ1) is 14.7. The van der Waals surface area contributed by atoms with Crippen molar-refractivity contribution in [2.45, 2.75) is 43.2 Å². The maximum absolute atomic E-state index is 6.16. The van der Waals surface area contributed by atoms with Gasteiger partial charge in [-0.3, -0.25) is 0 Å². The first-order valence-corrected chi connectivity index (χ1v) is 8.91. The zero-order chi connectivity index (χ0) is 13.9. The van der Waals surface area contributed by atoms with Crippen LogP contribution in [-0.4, -0.2) is 25.0 Å². The van der Waals surface area contributed by atoms with Crippen LogP contribution in [0.5, 0.6) is 0 Å². The van der Waals surface area contributed by atoms with Gasteiger partial charge in [-0.15, -0.1) is 11.8 Å². The van der Waals surface area contributed by atoms with Crippen molar-refractivity contribution in [3.63, 3.8) is 0 Å². The Hall–Kier alpha value is -0.220. The average Bonchev–Trinajstić information content (AvgIpc) is 2.92. The second-order valence-corrected chi connectivity index (χ2v) is 7.22. The van der Waals surface area contributed by atoms with Crippen LogP contribution in [0.15, 0.2) is 23.1 Å². The van der Waals surface area contributed by atoms with E-state index in [4.69, 9.17) is 16.3 Å². The Morgan fingerprint density at radius 3 is 3.15 bits per heavy atom. The normalized spacial score (nSPS) is 29.4. The number of nitrogens with one attached hydrogen (secondary N) is 1. The Balaban J connectivity index is 1.66. The Bertz CT molecular complexity index is 468. The molecule has 1 fully saturated rings. The molecule has 110 valence electrons. The molecule has 1 aromatic rings. The SMILES string of the molecule is CCC1OCCC1CNC1CCSc2ccc(Cl)cc21. The number of fused-ring (bicyclic) bond motifs is 1. The predicted octanol–water partition coefficient (Wildman–Crippen LogP) is 4.28. The number of ether oxygens (including phenoxy) is 1. The van der Waals surface area contributed by atoms with Crippen LogP contribution < -0.4 is 5.32 Å². The molecule has 3 rings (SSSR count). The predicted molar refractivity (Wildman–Crippen MR) is 85.7 cm³/mol. The van der Waals surface area contributed by atoms with E-state index in [0.29, 0.717) is 18.1 Å². The van der Waals surface area contributed by atoms with E-state index in [1.54, 1.807) is 0 Å². The second kappa shape index (κ2) is 6.69. The molecule has 0 bridgehead atoms. The Kier molecular flexibility index (Phi) is 4.92. The molecule has 0 amide bonds. The van der Waals surface area contributed by atoms with Crippen molar-refractivity contribution in [2.75, 3.05) is 18.9 Å². The van der Waals surface area contributed by atoms with Crippen molar-refractivity contribution in [1.82, 2.24) is 5.32 Å². The molecule has 1 saturated heterocycles. The van der Waals surface area contributed by atoms with Crippen LogP contribution in [0.2, 0.25) is 5.02 Å². The topological polar surface area (TPSA) is 21.3 Å². The van der Waals surface area contributed by atoms with E-state index in [1.165, 1.54) is 29.1 Å². The monoisotopic (exact) mass is 311 g/mol. The van der Waals surface area contributed by atoms with Crippen molar-refractivity contribution >= 4 is 23.4 Å². The first-order valence-electron chi connectivity index (χ1n) is 7.55. The number of benzene rings is 1. The largest absolute Gasteiger partial charge is 0.378 e. The third-order valence-electron chi connectivity index (χ3n) is 4.39.